The van der Waals surface area contributed by atoms with E-state index in [9.17, 15) is 14.9 Å². The molecule has 33 heavy (non-hydrogen) atoms. The third-order valence-electron chi connectivity index (χ3n) is 5.13. The third-order valence-corrected chi connectivity index (χ3v) is 5.13. The van der Waals surface area contributed by atoms with E-state index in [0.717, 1.165) is 24.7 Å². The highest BCUT2D eigenvalue weighted by Gasteiger charge is 2.21. The van der Waals surface area contributed by atoms with Crippen molar-refractivity contribution in [3.63, 3.8) is 0 Å². The van der Waals surface area contributed by atoms with Gasteiger partial charge in [-0.1, -0.05) is 0 Å². The molecule has 1 fully saturated rings. The molecule has 10 nitrogen and oxygen atoms in total. The van der Waals surface area contributed by atoms with Crippen LogP contribution in [0.15, 0.2) is 47.6 Å². The Balaban J connectivity index is 1.71. The van der Waals surface area contributed by atoms with Crippen LogP contribution in [-0.2, 0) is 14.3 Å². The average molecular weight is 450 g/mol. The molecule has 0 unspecified atom stereocenters. The molecular weight excluding hydrogens is 422 g/mol. The standard InChI is InChI=1S/C23H27N7O3/c1-16(31)26-6-7-27-21-5-4-17(14-28-21)20-11-19(15-29-23(20)18(12-24)13-25)33-10-9-30-8-2-3-22(30)32/h4-5,11-12,14-15,24,29H,2-3,6-10H2,1H3,(H,26,31)(H,27,28)/b23-18+,24-12?. The Morgan fingerprint density at radius 2 is 2.27 bits per heavy atom. The molecule has 0 bridgehead atoms. The van der Waals surface area contributed by atoms with Gasteiger partial charge in [-0.15, -0.1) is 0 Å². The van der Waals surface area contributed by atoms with Gasteiger partial charge in [0, 0.05) is 62.7 Å². The van der Waals surface area contributed by atoms with Crippen LogP contribution in [0, 0.1) is 16.7 Å². The number of ether oxygens (including phenoxy) is 1. The average Bonchev–Trinajstić information content (AvgIpc) is 3.23. The second-order valence-electron chi connectivity index (χ2n) is 7.47. The molecule has 1 saturated heterocycles. The summed E-state index contributed by atoms with van der Waals surface area (Å²) >= 11 is 0. The Morgan fingerprint density at radius 1 is 1.42 bits per heavy atom. The first-order chi connectivity index (χ1) is 16.0. The zero-order chi connectivity index (χ0) is 23.6. The van der Waals surface area contributed by atoms with Crippen molar-refractivity contribution in [2.24, 2.45) is 0 Å². The van der Waals surface area contributed by atoms with Gasteiger partial charge >= 0.3 is 0 Å². The maximum atomic E-state index is 11.8. The molecule has 1 aromatic heterocycles. The highest BCUT2D eigenvalue weighted by Crippen LogP contribution is 2.28. The van der Waals surface area contributed by atoms with Crippen molar-refractivity contribution in [1.29, 1.82) is 10.7 Å². The van der Waals surface area contributed by atoms with Crippen LogP contribution >= 0.6 is 0 Å². The predicted molar refractivity (Wildman–Crippen MR) is 124 cm³/mol. The fraction of sp³-hybridized carbons (Fsp3) is 0.348. The molecule has 0 saturated carbocycles. The summed E-state index contributed by atoms with van der Waals surface area (Å²) in [5.41, 5.74) is 2.07. The number of pyridine rings is 1. The van der Waals surface area contributed by atoms with Crippen LogP contribution in [0.1, 0.15) is 25.3 Å². The molecule has 2 aliphatic heterocycles. The summed E-state index contributed by atoms with van der Waals surface area (Å²) in [6.07, 6.45) is 7.57. The monoisotopic (exact) mass is 449 g/mol. The van der Waals surface area contributed by atoms with Gasteiger partial charge in [0.15, 0.2) is 0 Å². The minimum Gasteiger partial charge on any atom is -0.490 e. The first-order valence-electron chi connectivity index (χ1n) is 10.7. The highest BCUT2D eigenvalue weighted by atomic mass is 16.5. The van der Waals surface area contributed by atoms with Crippen molar-refractivity contribution in [1.82, 2.24) is 20.5 Å². The van der Waals surface area contributed by atoms with Crippen molar-refractivity contribution in [3.05, 3.63) is 53.2 Å². The summed E-state index contributed by atoms with van der Waals surface area (Å²) < 4.78 is 5.85. The number of aromatic nitrogens is 1. The van der Waals surface area contributed by atoms with E-state index < -0.39 is 0 Å². The molecule has 10 heteroatoms. The molecule has 3 heterocycles. The molecule has 3 rings (SSSR count). The van der Waals surface area contributed by atoms with Crippen LogP contribution in [0.3, 0.4) is 0 Å². The molecule has 0 spiro atoms. The maximum absolute atomic E-state index is 11.8. The fourth-order valence-corrected chi connectivity index (χ4v) is 3.47. The zero-order valence-electron chi connectivity index (χ0n) is 18.5. The predicted octanol–water partition coefficient (Wildman–Crippen LogP) is 1.52. The van der Waals surface area contributed by atoms with E-state index >= 15 is 0 Å². The molecule has 0 aromatic carbocycles. The topological polar surface area (TPSA) is 143 Å². The first kappa shape index (κ1) is 23.5. The number of dihydropyridines is 1. The van der Waals surface area contributed by atoms with E-state index in [1.807, 2.05) is 12.1 Å². The third kappa shape index (κ3) is 6.43. The summed E-state index contributed by atoms with van der Waals surface area (Å²) in [5.74, 6) is 1.26. The van der Waals surface area contributed by atoms with E-state index in [-0.39, 0.29) is 17.4 Å². The van der Waals surface area contributed by atoms with Gasteiger partial charge in [0.25, 0.3) is 0 Å². The lowest BCUT2D eigenvalue weighted by molar-refractivity contribution is -0.128. The van der Waals surface area contributed by atoms with Crippen molar-refractivity contribution >= 4 is 29.4 Å². The highest BCUT2D eigenvalue weighted by molar-refractivity contribution is 5.92. The normalized spacial score (nSPS) is 16.7. The Kier molecular flexibility index (Phi) is 8.18. The summed E-state index contributed by atoms with van der Waals surface area (Å²) in [5, 5.41) is 25.9. The van der Waals surface area contributed by atoms with Crippen molar-refractivity contribution in [3.8, 4) is 6.07 Å². The lowest BCUT2D eigenvalue weighted by atomic mass is 9.98. The summed E-state index contributed by atoms with van der Waals surface area (Å²) in [6.45, 7) is 4.12. The molecule has 0 aliphatic carbocycles. The summed E-state index contributed by atoms with van der Waals surface area (Å²) in [7, 11) is 0. The number of carbonyl (C=O) groups excluding carboxylic acids is 2. The smallest absolute Gasteiger partial charge is 0.222 e. The SMILES string of the molecule is CC(=O)NCCNc1ccc(C2=CC(OCCN3CCCC3=O)=CN/C2=C(/C#N)C=N)cn1. The van der Waals surface area contributed by atoms with Gasteiger partial charge < -0.3 is 31.0 Å². The fourth-order valence-electron chi connectivity index (χ4n) is 3.47. The Morgan fingerprint density at radius 3 is 2.91 bits per heavy atom. The molecule has 0 radical (unpaired) electrons. The number of hydrogen-bond donors (Lipinski definition) is 4. The van der Waals surface area contributed by atoms with Gasteiger partial charge in [-0.2, -0.15) is 5.26 Å². The first-order valence-corrected chi connectivity index (χ1v) is 10.7. The van der Waals surface area contributed by atoms with Crippen LogP contribution in [0.4, 0.5) is 5.82 Å². The van der Waals surface area contributed by atoms with Crippen LogP contribution in [0.2, 0.25) is 0 Å². The lowest BCUT2D eigenvalue weighted by Crippen LogP contribution is -2.28. The van der Waals surface area contributed by atoms with Crippen molar-refractivity contribution in [2.75, 3.05) is 38.1 Å². The number of likely N-dealkylation sites (tertiary alicyclic amines) is 1. The number of amides is 2. The number of nitrogens with zero attached hydrogens (tertiary/aromatic N) is 3. The summed E-state index contributed by atoms with van der Waals surface area (Å²) in [6, 6.07) is 5.68. The van der Waals surface area contributed by atoms with E-state index in [0.29, 0.717) is 55.5 Å². The van der Waals surface area contributed by atoms with Crippen molar-refractivity contribution < 1.29 is 14.3 Å². The Hall–Kier alpha value is -4.13. The summed E-state index contributed by atoms with van der Waals surface area (Å²) in [4.78, 5) is 28.9. The Bertz CT molecular complexity index is 1040. The van der Waals surface area contributed by atoms with Gasteiger partial charge in [0.05, 0.1) is 17.8 Å². The number of carbonyl (C=O) groups is 2. The minimum absolute atomic E-state index is 0.0891. The van der Waals surface area contributed by atoms with Gasteiger partial charge in [-0.25, -0.2) is 4.98 Å². The van der Waals surface area contributed by atoms with Gasteiger partial charge in [-0.05, 0) is 24.6 Å². The van der Waals surface area contributed by atoms with Crippen LogP contribution < -0.4 is 16.0 Å². The Labute approximate surface area is 192 Å². The number of nitrogens with one attached hydrogen (secondary N) is 4. The molecule has 2 aliphatic rings. The number of rotatable bonds is 10. The van der Waals surface area contributed by atoms with Crippen LogP contribution in [0.5, 0.6) is 0 Å². The van der Waals surface area contributed by atoms with Crippen LogP contribution in [0.25, 0.3) is 5.57 Å². The molecule has 172 valence electrons. The minimum atomic E-state index is -0.0891. The van der Waals surface area contributed by atoms with Crippen molar-refractivity contribution in [2.45, 2.75) is 19.8 Å². The van der Waals surface area contributed by atoms with E-state index in [1.165, 1.54) is 6.92 Å². The zero-order valence-corrected chi connectivity index (χ0v) is 18.5. The van der Waals surface area contributed by atoms with Gasteiger partial charge in [-0.3, -0.25) is 9.59 Å². The number of nitriles is 1. The molecule has 0 atom stereocenters. The molecule has 4 N–H and O–H groups in total. The molecular formula is C23H27N7O3. The van der Waals surface area contributed by atoms with Gasteiger partial charge in [0.1, 0.15) is 24.3 Å². The second-order valence-corrected chi connectivity index (χ2v) is 7.47. The van der Waals surface area contributed by atoms with Gasteiger partial charge in [0.2, 0.25) is 11.8 Å². The number of allylic oxidation sites excluding steroid dienone is 3. The maximum Gasteiger partial charge on any atom is 0.222 e. The van der Waals surface area contributed by atoms with E-state index in [2.05, 4.69) is 20.9 Å². The second kappa shape index (κ2) is 11.5. The lowest BCUT2D eigenvalue weighted by Gasteiger charge is -2.21. The largest absolute Gasteiger partial charge is 0.490 e. The van der Waals surface area contributed by atoms with E-state index in [4.69, 9.17) is 10.1 Å². The molecule has 2 amide bonds. The number of hydrogen-bond acceptors (Lipinski definition) is 8. The molecule has 1 aromatic rings. The number of anilines is 1. The van der Waals surface area contributed by atoms with Crippen LogP contribution in [-0.4, -0.2) is 60.7 Å². The van der Waals surface area contributed by atoms with E-state index in [1.54, 1.807) is 29.4 Å². The quantitative estimate of drug-likeness (QED) is 0.241.